The van der Waals surface area contributed by atoms with Crippen molar-refractivity contribution in [3.8, 4) is 0 Å². The first-order chi connectivity index (χ1) is 10.0. The molecule has 0 saturated carbocycles. The zero-order valence-electron chi connectivity index (χ0n) is 12.2. The Balaban J connectivity index is 2.25. The second-order valence-electron chi connectivity index (χ2n) is 5.05. The van der Waals surface area contributed by atoms with E-state index in [2.05, 4.69) is 18.3 Å². The van der Waals surface area contributed by atoms with Crippen LogP contribution in [0.3, 0.4) is 0 Å². The largest absolute Gasteiger partial charge is 0.378 e. The van der Waals surface area contributed by atoms with Crippen LogP contribution in [0.15, 0.2) is 42.5 Å². The molecular weight excluding hydrogens is 284 g/mol. The van der Waals surface area contributed by atoms with Crippen LogP contribution in [0.2, 0.25) is 5.02 Å². The monoisotopic (exact) mass is 302 g/mol. The lowest BCUT2D eigenvalue weighted by molar-refractivity contribution is 0.1000. The first-order valence-corrected chi connectivity index (χ1v) is 7.31. The van der Waals surface area contributed by atoms with E-state index in [1.807, 2.05) is 31.2 Å². The molecule has 0 aromatic heterocycles. The topological polar surface area (TPSA) is 55.1 Å². The van der Waals surface area contributed by atoms with E-state index in [0.717, 1.165) is 28.3 Å². The molecule has 0 saturated heterocycles. The summed E-state index contributed by atoms with van der Waals surface area (Å²) in [6.45, 7) is 4.07. The van der Waals surface area contributed by atoms with Crippen LogP contribution in [0.1, 0.15) is 40.9 Å². The molecule has 0 heterocycles. The van der Waals surface area contributed by atoms with E-state index in [1.165, 1.54) is 0 Å². The lowest BCUT2D eigenvalue weighted by Crippen LogP contribution is -2.13. The molecular formula is C17H19ClN2O. The number of benzene rings is 2. The number of nitrogens with two attached hydrogens (primary N) is 1. The highest BCUT2D eigenvalue weighted by Gasteiger charge is 2.11. The fourth-order valence-electron chi connectivity index (χ4n) is 2.31. The predicted molar refractivity (Wildman–Crippen MR) is 87.8 cm³/mol. The van der Waals surface area contributed by atoms with Gasteiger partial charge in [-0.25, -0.2) is 0 Å². The molecule has 0 fully saturated rings. The van der Waals surface area contributed by atoms with Gasteiger partial charge in [-0.1, -0.05) is 30.7 Å². The summed E-state index contributed by atoms with van der Waals surface area (Å²) in [6, 6.07) is 13.4. The summed E-state index contributed by atoms with van der Waals surface area (Å²) in [5.41, 5.74) is 8.94. The summed E-state index contributed by atoms with van der Waals surface area (Å²) < 4.78 is 0. The van der Waals surface area contributed by atoms with Gasteiger partial charge in [0.25, 0.3) is 0 Å². The standard InChI is InChI=1S/C17H19ClN2O/c1-3-15(12-5-4-6-14(18)10-12)20-16-8-7-13(17(19)21)9-11(16)2/h4-10,15,20H,3H2,1-2H3,(H2,19,21). The van der Waals surface area contributed by atoms with Gasteiger partial charge in [-0.2, -0.15) is 0 Å². The number of rotatable bonds is 5. The number of halogens is 1. The molecule has 4 heteroatoms. The van der Waals surface area contributed by atoms with Gasteiger partial charge >= 0.3 is 0 Å². The van der Waals surface area contributed by atoms with Gasteiger partial charge in [0.2, 0.25) is 5.91 Å². The van der Waals surface area contributed by atoms with Crippen molar-refractivity contribution in [2.45, 2.75) is 26.3 Å². The Morgan fingerprint density at radius 2 is 2.05 bits per heavy atom. The van der Waals surface area contributed by atoms with Crippen LogP contribution in [-0.2, 0) is 0 Å². The third-order valence-corrected chi connectivity index (χ3v) is 3.74. The van der Waals surface area contributed by atoms with Crippen LogP contribution < -0.4 is 11.1 Å². The zero-order chi connectivity index (χ0) is 15.4. The highest BCUT2D eigenvalue weighted by Crippen LogP contribution is 2.26. The molecule has 0 aliphatic heterocycles. The van der Waals surface area contributed by atoms with E-state index in [-0.39, 0.29) is 6.04 Å². The molecule has 0 aliphatic rings. The molecule has 1 unspecified atom stereocenters. The number of carbonyl (C=O) groups excluding carboxylic acids is 1. The van der Waals surface area contributed by atoms with Crippen LogP contribution >= 0.6 is 11.6 Å². The Morgan fingerprint density at radius 3 is 2.62 bits per heavy atom. The lowest BCUT2D eigenvalue weighted by atomic mass is 10.0. The van der Waals surface area contributed by atoms with Crippen LogP contribution in [0.4, 0.5) is 5.69 Å². The van der Waals surface area contributed by atoms with Crippen molar-refractivity contribution in [1.29, 1.82) is 0 Å². The van der Waals surface area contributed by atoms with E-state index < -0.39 is 5.91 Å². The zero-order valence-corrected chi connectivity index (χ0v) is 12.9. The summed E-state index contributed by atoms with van der Waals surface area (Å²) in [6.07, 6.45) is 0.928. The normalized spacial score (nSPS) is 12.0. The van der Waals surface area contributed by atoms with Gasteiger partial charge in [0.1, 0.15) is 0 Å². The van der Waals surface area contributed by atoms with Crippen molar-refractivity contribution in [3.05, 3.63) is 64.2 Å². The molecule has 0 bridgehead atoms. The van der Waals surface area contributed by atoms with E-state index in [9.17, 15) is 4.79 Å². The number of nitrogens with one attached hydrogen (secondary N) is 1. The first-order valence-electron chi connectivity index (χ1n) is 6.93. The second-order valence-corrected chi connectivity index (χ2v) is 5.49. The first kappa shape index (κ1) is 15.4. The maximum absolute atomic E-state index is 11.2. The minimum atomic E-state index is -0.411. The molecule has 2 rings (SSSR count). The third-order valence-electron chi connectivity index (χ3n) is 3.50. The Hall–Kier alpha value is -2.00. The number of carbonyl (C=O) groups is 1. The second kappa shape index (κ2) is 6.64. The van der Waals surface area contributed by atoms with Crippen molar-refractivity contribution in [2.24, 2.45) is 5.73 Å². The third kappa shape index (κ3) is 3.76. The fraction of sp³-hybridized carbons (Fsp3) is 0.235. The Labute approximate surface area is 130 Å². The Bertz CT molecular complexity index is 655. The van der Waals surface area contributed by atoms with Gasteiger partial charge in [0.15, 0.2) is 0 Å². The molecule has 21 heavy (non-hydrogen) atoms. The van der Waals surface area contributed by atoms with E-state index in [0.29, 0.717) is 5.56 Å². The van der Waals surface area contributed by atoms with Gasteiger partial charge in [-0.05, 0) is 54.8 Å². The minimum Gasteiger partial charge on any atom is -0.378 e. The highest BCUT2D eigenvalue weighted by atomic mass is 35.5. The Morgan fingerprint density at radius 1 is 1.29 bits per heavy atom. The lowest BCUT2D eigenvalue weighted by Gasteiger charge is -2.20. The molecule has 2 aromatic carbocycles. The number of aryl methyl sites for hydroxylation is 1. The van der Waals surface area contributed by atoms with Crippen molar-refractivity contribution in [2.75, 3.05) is 5.32 Å². The summed E-state index contributed by atoms with van der Waals surface area (Å²) in [4.78, 5) is 11.2. The summed E-state index contributed by atoms with van der Waals surface area (Å²) in [5.74, 6) is -0.411. The number of anilines is 1. The molecule has 2 aromatic rings. The summed E-state index contributed by atoms with van der Waals surface area (Å²) in [7, 11) is 0. The summed E-state index contributed by atoms with van der Waals surface area (Å²) in [5, 5.41) is 4.23. The highest BCUT2D eigenvalue weighted by molar-refractivity contribution is 6.30. The minimum absolute atomic E-state index is 0.168. The smallest absolute Gasteiger partial charge is 0.248 e. The Kier molecular flexibility index (Phi) is 4.86. The van der Waals surface area contributed by atoms with Gasteiger partial charge in [0.05, 0.1) is 6.04 Å². The van der Waals surface area contributed by atoms with E-state index >= 15 is 0 Å². The van der Waals surface area contributed by atoms with Gasteiger partial charge in [-0.15, -0.1) is 0 Å². The SMILES string of the molecule is CCC(Nc1ccc(C(N)=O)cc1C)c1cccc(Cl)c1. The molecule has 1 atom stereocenters. The predicted octanol–water partition coefficient (Wildman–Crippen LogP) is 4.31. The van der Waals surface area contributed by atoms with Crippen molar-refractivity contribution < 1.29 is 4.79 Å². The number of primary amides is 1. The number of hydrogen-bond donors (Lipinski definition) is 2. The van der Waals surface area contributed by atoms with Gasteiger partial charge in [-0.3, -0.25) is 4.79 Å². The van der Waals surface area contributed by atoms with E-state index in [1.54, 1.807) is 12.1 Å². The maximum Gasteiger partial charge on any atom is 0.248 e. The average Bonchev–Trinajstić information content (AvgIpc) is 2.45. The number of amides is 1. The van der Waals surface area contributed by atoms with Gasteiger partial charge in [0, 0.05) is 16.3 Å². The maximum atomic E-state index is 11.2. The molecule has 3 nitrogen and oxygen atoms in total. The molecule has 110 valence electrons. The molecule has 3 N–H and O–H groups in total. The van der Waals surface area contributed by atoms with Crippen molar-refractivity contribution in [3.63, 3.8) is 0 Å². The van der Waals surface area contributed by atoms with Gasteiger partial charge < -0.3 is 11.1 Å². The van der Waals surface area contributed by atoms with Crippen LogP contribution in [0.25, 0.3) is 0 Å². The quantitative estimate of drug-likeness (QED) is 0.864. The molecule has 0 radical (unpaired) electrons. The van der Waals surface area contributed by atoms with Crippen LogP contribution in [0.5, 0.6) is 0 Å². The number of hydrogen-bond acceptors (Lipinski definition) is 2. The molecule has 0 spiro atoms. The molecule has 0 aliphatic carbocycles. The van der Waals surface area contributed by atoms with Crippen LogP contribution in [0, 0.1) is 6.92 Å². The van der Waals surface area contributed by atoms with Crippen LogP contribution in [-0.4, -0.2) is 5.91 Å². The van der Waals surface area contributed by atoms with Crippen molar-refractivity contribution >= 4 is 23.2 Å². The van der Waals surface area contributed by atoms with E-state index in [4.69, 9.17) is 17.3 Å². The fourth-order valence-corrected chi connectivity index (χ4v) is 2.51. The summed E-state index contributed by atoms with van der Waals surface area (Å²) >= 11 is 6.06. The molecule has 1 amide bonds. The van der Waals surface area contributed by atoms with Crippen molar-refractivity contribution in [1.82, 2.24) is 0 Å². The average molecular weight is 303 g/mol.